The second-order valence-electron chi connectivity index (χ2n) is 25.0. The number of nitrogens with zero attached hydrogens (tertiary/aromatic N) is 14. The van der Waals surface area contributed by atoms with Crippen molar-refractivity contribution in [2.45, 2.75) is 155 Å². The molecular formula is C67H76FN23O23S. The van der Waals surface area contributed by atoms with Crippen LogP contribution in [0, 0.1) is 69.7 Å². The molecule has 15 rings (SSSR count). The van der Waals surface area contributed by atoms with Crippen molar-refractivity contribution in [3.05, 3.63) is 85.2 Å². The van der Waals surface area contributed by atoms with Crippen molar-refractivity contribution in [1.82, 2.24) is 87.6 Å². The number of H-pyrrole nitrogens is 4. The Hall–Kier alpha value is -11.6. The minimum absolute atomic E-state index is 0.00283. The Morgan fingerprint density at radius 3 is 1.29 bits per heavy atom. The summed E-state index contributed by atoms with van der Waals surface area (Å²) in [4.78, 5) is 80.5. The van der Waals surface area contributed by atoms with Gasteiger partial charge in [-0.25, -0.2) is 29.3 Å². The van der Waals surface area contributed by atoms with E-state index in [0.29, 0.717) is 5.52 Å². The monoisotopic (exact) mass is 1630 g/mol. The first-order valence-corrected chi connectivity index (χ1v) is 33.3. The molecule has 46 nitrogen and oxygen atoms in total. The summed E-state index contributed by atoms with van der Waals surface area (Å²) in [6, 6.07) is 1.40. The van der Waals surface area contributed by atoms with E-state index in [1.807, 2.05) is 0 Å². The predicted molar refractivity (Wildman–Crippen MR) is 396 cm³/mol. The van der Waals surface area contributed by atoms with E-state index in [2.05, 4.69) is 124 Å². The Labute approximate surface area is 662 Å². The average Bonchev–Trinajstić information content (AvgIpc) is 1.60. The van der Waals surface area contributed by atoms with Gasteiger partial charge in [0.15, 0.2) is 104 Å². The highest BCUT2D eigenvalue weighted by molar-refractivity contribution is 7.71. The average molecular weight is 1630 g/mol. The number of ether oxygens (including phenoxy) is 5. The van der Waals surface area contributed by atoms with Crippen LogP contribution in [0.3, 0.4) is 0 Å². The lowest BCUT2D eigenvalue weighted by atomic mass is 9.94. The van der Waals surface area contributed by atoms with Crippen molar-refractivity contribution in [2.24, 2.45) is 0 Å². The number of rotatable bonds is 10. The summed E-state index contributed by atoms with van der Waals surface area (Å²) in [6.45, 7) is -7.72. The van der Waals surface area contributed by atoms with Crippen LogP contribution in [-0.2, 0) is 23.7 Å². The van der Waals surface area contributed by atoms with Crippen molar-refractivity contribution >= 4 is 97.5 Å². The van der Waals surface area contributed by atoms with E-state index in [4.69, 9.17) is 78.3 Å². The van der Waals surface area contributed by atoms with E-state index in [-0.39, 0.29) is 79.0 Å². The van der Waals surface area contributed by atoms with Gasteiger partial charge >= 0.3 is 0 Å². The number of aromatic nitrogens is 18. The zero-order chi connectivity index (χ0) is 92.8. The molecule has 0 radical (unpaired) electrons. The quantitative estimate of drug-likeness (QED) is 0.0447. The Morgan fingerprint density at radius 1 is 0.470 bits per heavy atom. The molecule has 5 aliphatic heterocycles. The fraction of sp³-hybridized carbons (Fsp3) is 0.448. The molecule has 0 amide bonds. The first-order valence-electron chi connectivity index (χ1n) is 37.9. The molecule has 0 spiro atoms. The molecule has 0 aliphatic carbocycles. The molecule has 5 aliphatic rings. The number of halogens is 1. The summed E-state index contributed by atoms with van der Waals surface area (Å²) in [5.41, 5.74) is 15.0. The van der Waals surface area contributed by atoms with Crippen LogP contribution in [0.4, 0.5) is 34.1 Å². The third-order valence-electron chi connectivity index (χ3n) is 18.0. The normalized spacial score (nSPS) is 32.3. The van der Waals surface area contributed by atoms with Gasteiger partial charge in [0, 0.05) is 12.4 Å². The second kappa shape index (κ2) is 33.1. The third kappa shape index (κ3) is 14.9. The Kier molecular flexibility index (Phi) is 20.5. The number of imidazole rings is 3. The van der Waals surface area contributed by atoms with E-state index in [9.17, 15) is 95.4 Å². The topological polar surface area (TPSA) is 735 Å². The number of hydrogen-bond donors (Lipinski definition) is 24. The van der Waals surface area contributed by atoms with E-state index >= 15 is 0 Å². The Balaban J connectivity index is 0.000000152. The van der Waals surface area contributed by atoms with Gasteiger partial charge in [-0.2, -0.15) is 19.9 Å². The van der Waals surface area contributed by atoms with Crippen LogP contribution >= 0.6 is 12.2 Å². The van der Waals surface area contributed by atoms with Crippen molar-refractivity contribution < 1.29 is 118 Å². The van der Waals surface area contributed by atoms with Gasteiger partial charge < -0.3 is 139 Å². The van der Waals surface area contributed by atoms with Crippen molar-refractivity contribution in [2.75, 3.05) is 61.5 Å². The number of nitrogens with one attached hydrogen (secondary N) is 4. The molecule has 20 atom stereocenters. The standard InChI is InChI=1S/C14H15FN4O5.C14H16N4O5.C13H15N5O5.C13H15N5O4S.C13H15N5O4/c1-2-3-14(23)9(21)7(5-20)24-12(14)19-4-6(15)8-10(19)17-13(16)18-11(8)22;1-2-4-14(22)9(20)8(6-19)23-12(14)18-5-3-7-10(18)16-13(15)17-11(7)21;1-2-3-13(22)8(20)6(4-19)23-11(13)18-5-15-7-9(18)16-12(14)17-10(7)21;1-2-3-13(21)8(20)6(4-19)22-11(13)18-5-15-7-9(18)16-12(14)17-10(7)23;1-2-3-13(21)9(20)8(5-19)22-11(13)18-6-16-7-4-15-12(14)17-10(7)18/h4,7,9,12,20-21,23H,5H2,1H3,(H3,16,17,18,22);3,5,8-9,12,19-20,22H,6H2,1H3,(H3,15,16,17,21);5-6,8,11,19-20,22H,4H2,1H3,(H3,14,16,17,21);5-6,8,11,19-21H,4H2,1H3,(H3,14,16,17,23);4,6,8-9,11,19-21H,5H2,1H3,(H2,14,15,17)/t7-,9+,12-,14?;8-,9+,12-,14?;2*6-,8+,11-,13?;8-,9+,11-,13?/m11111/s1/i5D2;6D2;2*4D2;5D2. The van der Waals surface area contributed by atoms with E-state index in [1.54, 1.807) is 0 Å². The lowest BCUT2D eigenvalue weighted by Gasteiger charge is -2.26. The highest BCUT2D eigenvalue weighted by atomic mass is 32.1. The molecule has 115 heavy (non-hydrogen) atoms. The number of hydrogen-bond acceptors (Lipinski definition) is 38. The van der Waals surface area contributed by atoms with Crippen molar-refractivity contribution in [3.8, 4) is 59.2 Å². The van der Waals surface area contributed by atoms with Gasteiger partial charge in [-0.05, 0) is 40.7 Å². The van der Waals surface area contributed by atoms with Gasteiger partial charge in [-0.15, -0.1) is 29.6 Å². The van der Waals surface area contributed by atoms with Gasteiger partial charge in [-0.1, -0.05) is 41.8 Å². The number of aliphatic hydroxyl groups excluding tert-OH is 5. The maximum absolute atomic E-state index is 14.2. The summed E-state index contributed by atoms with van der Waals surface area (Å²) in [5.74, 6) is 22.3. The largest absolute Gasteiger partial charge is 0.394 e. The molecule has 0 saturated carbocycles. The SMILES string of the molecule is [2H]C([2H])(O)[C@H]1O[C@@H](n2cc(F)c3c(=O)[nH]c(N)nc32)C(O)(C#CC)[C@H]1O.[2H]C([2H])(O)[C@H]1O[C@@H](n2ccc3c(=O)[nH]c(N)nc32)C(O)(C#CC)[C@H]1O.[2H]C([2H])(O)[C@H]1O[C@@H](n2cnc3c(=O)[nH]c(N)nc32)C(O)(C#CC)[C@H]1O.[2H]C([2H])(O)[C@H]1O[C@@H](n2cnc3c(=S)nc(N)[nH]c32)C(O)(C#CC)[C@H]1O.[2H]C([2H])(O)[C@H]1O[C@@H](n2cnc3cnc(N)nc32)C(O)(C#CC)[C@H]1O. The number of anilines is 5. The first-order chi connectivity index (χ1) is 58.0. The van der Waals surface area contributed by atoms with Crippen LogP contribution in [0.5, 0.6) is 0 Å². The number of aliphatic hydroxyl groups is 15. The lowest BCUT2D eigenvalue weighted by molar-refractivity contribution is -0.0722. The van der Waals surface area contributed by atoms with Gasteiger partial charge in [0.1, 0.15) is 83.1 Å². The molecule has 5 saturated heterocycles. The van der Waals surface area contributed by atoms with Crippen LogP contribution in [0.1, 0.15) is 79.5 Å². The lowest BCUT2D eigenvalue weighted by Crippen LogP contribution is -2.45. The molecule has 15 heterocycles. The number of nitrogens with two attached hydrogens (primary N) is 5. The van der Waals surface area contributed by atoms with Gasteiger partial charge in [0.25, 0.3) is 16.7 Å². The molecule has 5 fully saturated rings. The fourth-order valence-electron chi connectivity index (χ4n) is 12.9. The van der Waals surface area contributed by atoms with Gasteiger partial charge in [0.05, 0.1) is 77.1 Å². The maximum atomic E-state index is 14.2. The van der Waals surface area contributed by atoms with E-state index in [0.717, 1.165) is 21.7 Å². The number of nitrogen functional groups attached to an aromatic ring is 5. The molecule has 5 unspecified atom stereocenters. The van der Waals surface area contributed by atoms with Gasteiger partial charge in [-0.3, -0.25) is 47.6 Å². The predicted octanol–water partition coefficient (Wildman–Crippen LogP) is -8.04. The molecule has 10 aromatic rings. The van der Waals surface area contributed by atoms with E-state index < -0.39 is 181 Å². The minimum Gasteiger partial charge on any atom is -0.394 e. The van der Waals surface area contributed by atoms with Crippen LogP contribution in [0.15, 0.2) is 58.0 Å². The first kappa shape index (κ1) is 71.2. The molecule has 48 heteroatoms. The number of aromatic amines is 4. The van der Waals surface area contributed by atoms with Crippen LogP contribution in [0.2, 0.25) is 0 Å². The Morgan fingerprint density at radius 2 is 0.835 bits per heavy atom. The summed E-state index contributed by atoms with van der Waals surface area (Å²) >= 11 is 5.08. The van der Waals surface area contributed by atoms with Crippen LogP contribution in [0.25, 0.3) is 55.6 Å². The third-order valence-corrected chi connectivity index (χ3v) is 18.3. The summed E-state index contributed by atoms with van der Waals surface area (Å²) in [6.07, 6.45) is -18.6. The smallest absolute Gasteiger partial charge is 0.280 e. The maximum Gasteiger partial charge on any atom is 0.280 e. The fourth-order valence-corrected chi connectivity index (χ4v) is 13.1. The zero-order valence-corrected chi connectivity index (χ0v) is 60.4. The summed E-state index contributed by atoms with van der Waals surface area (Å²) < 4.78 is 121. The van der Waals surface area contributed by atoms with E-state index in [1.165, 1.54) is 79.4 Å². The van der Waals surface area contributed by atoms with Crippen molar-refractivity contribution in [3.63, 3.8) is 0 Å². The number of fused-ring (bicyclic) bond motifs is 5. The molecule has 29 N–H and O–H groups in total. The van der Waals surface area contributed by atoms with Crippen LogP contribution < -0.4 is 45.3 Å². The minimum atomic E-state index is -3.04. The molecule has 610 valence electrons. The highest BCUT2D eigenvalue weighted by Gasteiger charge is 2.60. The highest BCUT2D eigenvalue weighted by Crippen LogP contribution is 2.45. The summed E-state index contributed by atoms with van der Waals surface area (Å²) in [7, 11) is 0. The molecule has 10 aromatic heterocycles. The summed E-state index contributed by atoms with van der Waals surface area (Å²) in [5, 5.41) is 153. The Bertz CT molecular complexity index is 6070. The van der Waals surface area contributed by atoms with Crippen LogP contribution in [-0.4, -0.2) is 286 Å². The zero-order valence-electron chi connectivity index (χ0n) is 69.6. The molecular weight excluding hydrogens is 1550 g/mol. The molecule has 0 aromatic carbocycles. The van der Waals surface area contributed by atoms with Gasteiger partial charge in [0.2, 0.25) is 23.8 Å². The van der Waals surface area contributed by atoms with Crippen molar-refractivity contribution in [1.29, 1.82) is 0 Å². The molecule has 0 bridgehead atoms. The second-order valence-corrected chi connectivity index (χ2v) is 25.4.